The van der Waals surface area contributed by atoms with Gasteiger partial charge in [0.2, 0.25) is 0 Å². The van der Waals surface area contributed by atoms with Crippen molar-refractivity contribution < 1.29 is 71.3 Å². The van der Waals surface area contributed by atoms with Gasteiger partial charge in [0.05, 0.1) is 49.0 Å². The smallest absolute Gasteiger partial charge is 0.422 e. The molecule has 0 saturated carbocycles. The van der Waals surface area contributed by atoms with Gasteiger partial charge in [-0.3, -0.25) is 19.2 Å². The van der Waals surface area contributed by atoms with Crippen LogP contribution in [-0.4, -0.2) is 126 Å². The quantitative estimate of drug-likeness (QED) is 0.0681. The highest BCUT2D eigenvalue weighted by Gasteiger charge is 2.31. The third-order valence-electron chi connectivity index (χ3n) is 14.5. The second-order valence-corrected chi connectivity index (χ2v) is 23.6. The van der Waals surface area contributed by atoms with Crippen LogP contribution in [0.1, 0.15) is 33.4 Å². The SMILES string of the molecule is CN(C)c1ccc(-c2ccc(=O)n(Cc3ccc(Cl)cc3)n2)cn1.Cc1cc(F)cc(Cn2nc(-c3cnc(OCC(F)(F)F)nc3)ccc2=O)c1.Cc1ccc(Cn2nc(-c3cnc(OCC(F)(F)F)nc3)ccc2=O)cc1F.O=c1ccc(-c2cnc(OCC(F)(F)F)nc2)nn1Cc1c(F)cccc1F. The van der Waals surface area contributed by atoms with E-state index in [-0.39, 0.29) is 41.3 Å². The number of nitrogens with zero attached hydrogens (tertiary/aromatic N) is 16. The largest absolute Gasteiger partial charge is 0.454 e. The molecule has 0 amide bonds. The zero-order valence-electron chi connectivity index (χ0n) is 56.6. The Morgan fingerprint density at radius 2 is 0.759 bits per heavy atom. The molecule has 0 atom stereocenters. The predicted octanol–water partition coefficient (Wildman–Crippen LogP) is 12.3. The lowest BCUT2D eigenvalue weighted by Crippen LogP contribution is -2.24. The molecule has 0 saturated heterocycles. The van der Waals surface area contributed by atoms with Gasteiger partial charge in [0.15, 0.2) is 19.8 Å². The first-order chi connectivity index (χ1) is 51.2. The van der Waals surface area contributed by atoms with Crippen molar-refractivity contribution in [3.63, 3.8) is 0 Å². The Labute approximate surface area is 606 Å². The van der Waals surface area contributed by atoms with E-state index in [1.54, 1.807) is 56.4 Å². The van der Waals surface area contributed by atoms with Crippen LogP contribution in [0.15, 0.2) is 202 Å². The average Bonchev–Trinajstić information content (AvgIpc) is 0.833. The molecule has 0 radical (unpaired) electrons. The molecule has 23 nitrogen and oxygen atoms in total. The summed E-state index contributed by atoms with van der Waals surface area (Å²) in [6.07, 6.45) is -4.50. The number of halogens is 14. The fourth-order valence-electron chi connectivity index (χ4n) is 9.25. The number of hydrogen-bond acceptors (Lipinski definition) is 19. The van der Waals surface area contributed by atoms with Crippen molar-refractivity contribution in [3.05, 3.63) is 286 Å². The summed E-state index contributed by atoms with van der Waals surface area (Å²) < 4.78 is 182. The van der Waals surface area contributed by atoms with E-state index in [9.17, 15) is 76.3 Å². The first-order valence-electron chi connectivity index (χ1n) is 31.4. The minimum absolute atomic E-state index is 0.0531. The zero-order chi connectivity index (χ0) is 78.0. The Bertz CT molecular complexity index is 5270. The third-order valence-corrected chi connectivity index (χ3v) is 14.7. The van der Waals surface area contributed by atoms with Gasteiger partial charge in [0, 0.05) is 115 Å². The van der Waals surface area contributed by atoms with E-state index in [2.05, 4.69) is 69.5 Å². The van der Waals surface area contributed by atoms with E-state index in [4.69, 9.17) is 11.6 Å². The number of anilines is 1. The van der Waals surface area contributed by atoms with Gasteiger partial charge in [0.1, 0.15) is 29.1 Å². The number of benzene rings is 4. The van der Waals surface area contributed by atoms with Crippen molar-refractivity contribution in [2.24, 2.45) is 0 Å². The van der Waals surface area contributed by atoms with Crippen molar-refractivity contribution >= 4 is 17.4 Å². The molecule has 12 rings (SSSR count). The number of alkyl halides is 9. The molecule has 560 valence electrons. The molecule has 0 aliphatic rings. The standard InChI is InChI=1S/C18H17ClN4O.2C18H14F4N4O2.C17H11F5N4O2/c1-22(2)17-9-5-14(11-20-17)16-8-10-18(24)23(21-16)12-13-3-6-15(19)7-4-13;1-11-4-12(6-14(19)5-11)9-26-16(27)3-2-15(25-26)13-7-23-17(24-8-13)28-10-18(20,21)22;1-11-2-3-12(6-14(11)19)9-26-16(27)5-4-15(25-26)13-7-23-17(24-8-13)28-10-18(20,21)22;18-12-2-1-3-13(19)11(12)8-26-15(27)5-4-14(25-26)10-6-23-16(24-7-10)28-9-17(20,21)22/h3-11H,12H2,1-2H3;2*2-8H,9-10H2,1H3;1-7H,8-9H2. The molecule has 12 aromatic rings. The van der Waals surface area contributed by atoms with Crippen LogP contribution in [-0.2, 0) is 26.2 Å². The maximum Gasteiger partial charge on any atom is 0.422 e. The Morgan fingerprint density at radius 3 is 1.13 bits per heavy atom. The monoisotopic (exact) mass is 1530 g/mol. The van der Waals surface area contributed by atoms with Crippen molar-refractivity contribution in [2.45, 2.75) is 58.6 Å². The van der Waals surface area contributed by atoms with Crippen LogP contribution in [0, 0.1) is 37.1 Å². The molecule has 8 aromatic heterocycles. The average molecular weight is 1530 g/mol. The predicted molar refractivity (Wildman–Crippen MR) is 366 cm³/mol. The zero-order valence-corrected chi connectivity index (χ0v) is 57.3. The summed E-state index contributed by atoms with van der Waals surface area (Å²) in [4.78, 5) is 76.6. The van der Waals surface area contributed by atoms with Crippen LogP contribution < -0.4 is 41.3 Å². The summed E-state index contributed by atoms with van der Waals surface area (Å²) >= 11 is 5.89. The van der Waals surface area contributed by atoms with E-state index in [0.29, 0.717) is 62.0 Å². The first kappa shape index (κ1) is 79.5. The summed E-state index contributed by atoms with van der Waals surface area (Å²) in [5.41, 5.74) is 4.86. The Morgan fingerprint density at radius 1 is 0.389 bits per heavy atom. The molecule has 0 unspecified atom stereocenters. The summed E-state index contributed by atoms with van der Waals surface area (Å²) in [6.45, 7) is -1.11. The highest BCUT2D eigenvalue weighted by Crippen LogP contribution is 2.25. The third kappa shape index (κ3) is 24.0. The molecule has 0 N–H and O–H groups in total. The maximum absolute atomic E-state index is 13.8. The molecule has 0 fully saturated rings. The summed E-state index contributed by atoms with van der Waals surface area (Å²) in [5.74, 6) is -1.58. The van der Waals surface area contributed by atoms with Gasteiger partial charge in [-0.25, -0.2) is 71.2 Å². The fourth-order valence-corrected chi connectivity index (χ4v) is 9.38. The van der Waals surface area contributed by atoms with E-state index in [1.165, 1.54) is 90.1 Å². The molecule has 0 spiro atoms. The minimum Gasteiger partial charge on any atom is -0.454 e. The van der Waals surface area contributed by atoms with Gasteiger partial charge in [0.25, 0.3) is 22.2 Å². The van der Waals surface area contributed by atoms with Crippen LogP contribution in [0.25, 0.3) is 45.0 Å². The second kappa shape index (κ2) is 35.4. The van der Waals surface area contributed by atoms with Crippen molar-refractivity contribution in [1.29, 1.82) is 0 Å². The molecule has 4 aromatic carbocycles. The van der Waals surface area contributed by atoms with Gasteiger partial charge in [-0.1, -0.05) is 48.0 Å². The number of rotatable bonds is 19. The minimum atomic E-state index is -4.53. The molecular formula is C71H56ClF13N16O7. The van der Waals surface area contributed by atoms with Crippen LogP contribution in [0.3, 0.4) is 0 Å². The van der Waals surface area contributed by atoms with E-state index in [1.807, 2.05) is 43.3 Å². The fraction of sp³-hybridized carbons (Fsp3) is 0.197. The molecular weight excluding hydrogens is 1470 g/mol. The van der Waals surface area contributed by atoms with Crippen LogP contribution in [0.5, 0.6) is 18.0 Å². The van der Waals surface area contributed by atoms with Crippen molar-refractivity contribution in [3.8, 4) is 63.1 Å². The van der Waals surface area contributed by atoms with Crippen molar-refractivity contribution in [1.82, 2.24) is 74.0 Å². The Hall–Kier alpha value is -12.6. The van der Waals surface area contributed by atoms with Gasteiger partial charge >= 0.3 is 36.6 Å². The molecule has 108 heavy (non-hydrogen) atoms. The topological polar surface area (TPSA) is 261 Å². The normalized spacial score (nSPS) is 11.3. The summed E-state index contributed by atoms with van der Waals surface area (Å²) in [7, 11) is 3.87. The molecule has 0 aliphatic carbocycles. The first-order valence-corrected chi connectivity index (χ1v) is 31.7. The van der Waals surface area contributed by atoms with Crippen LogP contribution >= 0.6 is 11.6 Å². The van der Waals surface area contributed by atoms with Gasteiger partial charge in [-0.2, -0.15) is 59.9 Å². The molecule has 0 bridgehead atoms. The Balaban J connectivity index is 0.000000166. The van der Waals surface area contributed by atoms with Crippen LogP contribution in [0.2, 0.25) is 5.02 Å². The van der Waals surface area contributed by atoms with E-state index >= 15 is 0 Å². The number of pyridine rings is 1. The number of hydrogen-bond donors (Lipinski definition) is 0. The van der Waals surface area contributed by atoms with E-state index < -0.39 is 97.1 Å². The maximum atomic E-state index is 13.8. The summed E-state index contributed by atoms with van der Waals surface area (Å²) in [5, 5.41) is 17.5. The lowest BCUT2D eigenvalue weighted by molar-refractivity contribution is -0.155. The number of aromatic nitrogens is 15. The molecule has 0 aliphatic heterocycles. The van der Waals surface area contributed by atoms with E-state index in [0.717, 1.165) is 61.6 Å². The summed E-state index contributed by atoms with van der Waals surface area (Å²) in [6, 6.07) is 33.4. The lowest BCUT2D eigenvalue weighted by Gasteiger charge is -2.11. The van der Waals surface area contributed by atoms with Gasteiger partial charge < -0.3 is 19.1 Å². The van der Waals surface area contributed by atoms with Gasteiger partial charge in [-0.15, -0.1) is 0 Å². The molecule has 37 heteroatoms. The highest BCUT2D eigenvalue weighted by atomic mass is 35.5. The van der Waals surface area contributed by atoms with Crippen LogP contribution in [0.4, 0.5) is 62.9 Å². The van der Waals surface area contributed by atoms with Crippen molar-refractivity contribution in [2.75, 3.05) is 38.8 Å². The Kier molecular flexibility index (Phi) is 26.1. The van der Waals surface area contributed by atoms with Gasteiger partial charge in [-0.05, 0) is 121 Å². The highest BCUT2D eigenvalue weighted by molar-refractivity contribution is 6.30. The number of ether oxygens (including phenoxy) is 3. The number of aryl methyl sites for hydroxylation is 2. The molecule has 8 heterocycles. The second-order valence-electron chi connectivity index (χ2n) is 23.2. The lowest BCUT2D eigenvalue weighted by atomic mass is 10.1.